The third-order valence-corrected chi connectivity index (χ3v) is 4.87. The van der Waals surface area contributed by atoms with Crippen LogP contribution < -0.4 is 10.5 Å². The molecular formula is C21H13Cl3FN3O2. The van der Waals surface area contributed by atoms with E-state index in [0.29, 0.717) is 21.3 Å². The van der Waals surface area contributed by atoms with E-state index in [1.54, 1.807) is 30.3 Å². The molecule has 0 atom stereocenters. The molecule has 0 radical (unpaired) electrons. The van der Waals surface area contributed by atoms with Crippen LogP contribution in [-0.4, -0.2) is 10.2 Å². The molecule has 0 fully saturated rings. The quantitative estimate of drug-likeness (QED) is 0.329. The number of anilines is 1. The van der Waals surface area contributed by atoms with E-state index >= 15 is 4.39 Å². The lowest BCUT2D eigenvalue weighted by Crippen LogP contribution is -1.98. The number of hydrogen-bond acceptors (Lipinski definition) is 5. The van der Waals surface area contributed by atoms with Gasteiger partial charge in [-0.2, -0.15) is 0 Å². The smallest absolute Gasteiger partial charge is 0.247 e. The van der Waals surface area contributed by atoms with Crippen molar-refractivity contribution in [2.75, 3.05) is 5.73 Å². The zero-order valence-electron chi connectivity index (χ0n) is 15.2. The normalized spacial score (nSPS) is 10.9. The number of halogens is 4. The summed E-state index contributed by atoms with van der Waals surface area (Å²) >= 11 is 18.1. The maximum Gasteiger partial charge on any atom is 0.247 e. The minimum atomic E-state index is -0.649. The van der Waals surface area contributed by atoms with Crippen molar-refractivity contribution in [3.05, 3.63) is 86.9 Å². The third kappa shape index (κ3) is 4.51. The van der Waals surface area contributed by atoms with E-state index in [4.69, 9.17) is 49.7 Å². The molecule has 152 valence electrons. The number of nitrogen functional groups attached to an aromatic ring is 1. The van der Waals surface area contributed by atoms with Gasteiger partial charge in [0.15, 0.2) is 11.6 Å². The summed E-state index contributed by atoms with van der Waals surface area (Å²) in [7, 11) is 0. The van der Waals surface area contributed by atoms with Crippen LogP contribution in [0.1, 0.15) is 11.5 Å². The number of hydrogen-bond donors (Lipinski definition) is 1. The molecule has 0 saturated heterocycles. The molecule has 30 heavy (non-hydrogen) atoms. The second-order valence-corrected chi connectivity index (χ2v) is 7.64. The molecule has 0 spiro atoms. The fraction of sp³-hybridized carbons (Fsp3) is 0.0476. The second-order valence-electron chi connectivity index (χ2n) is 6.36. The first-order valence-corrected chi connectivity index (χ1v) is 9.81. The van der Waals surface area contributed by atoms with Crippen molar-refractivity contribution >= 4 is 40.5 Å². The van der Waals surface area contributed by atoms with E-state index in [-0.39, 0.29) is 40.3 Å². The number of nitrogens with two attached hydrogens (primary N) is 1. The highest BCUT2D eigenvalue weighted by molar-refractivity contribution is 6.32. The summed E-state index contributed by atoms with van der Waals surface area (Å²) in [6, 6.07) is 14.6. The summed E-state index contributed by atoms with van der Waals surface area (Å²) in [6.45, 7) is 0. The highest BCUT2D eigenvalue weighted by Crippen LogP contribution is 2.36. The largest absolute Gasteiger partial charge is 0.453 e. The van der Waals surface area contributed by atoms with Crippen LogP contribution in [0.3, 0.4) is 0 Å². The van der Waals surface area contributed by atoms with E-state index < -0.39 is 5.82 Å². The van der Waals surface area contributed by atoms with Crippen molar-refractivity contribution in [2.24, 2.45) is 0 Å². The maximum atomic E-state index is 15.1. The molecule has 0 aliphatic carbocycles. The molecular weight excluding hydrogens is 452 g/mol. The lowest BCUT2D eigenvalue weighted by molar-refractivity contribution is 0.437. The van der Waals surface area contributed by atoms with Crippen molar-refractivity contribution in [3.63, 3.8) is 0 Å². The van der Waals surface area contributed by atoms with Crippen LogP contribution in [0.25, 0.3) is 11.5 Å². The van der Waals surface area contributed by atoms with Crippen LogP contribution in [0.4, 0.5) is 10.1 Å². The van der Waals surface area contributed by atoms with Gasteiger partial charge < -0.3 is 14.9 Å². The molecule has 0 amide bonds. The van der Waals surface area contributed by atoms with Gasteiger partial charge >= 0.3 is 0 Å². The Labute approximate surface area is 186 Å². The van der Waals surface area contributed by atoms with Crippen LogP contribution in [-0.2, 0) is 6.42 Å². The first-order valence-electron chi connectivity index (χ1n) is 8.68. The highest BCUT2D eigenvalue weighted by atomic mass is 35.5. The maximum absolute atomic E-state index is 15.1. The molecule has 9 heteroatoms. The Bertz CT molecular complexity index is 1210. The van der Waals surface area contributed by atoms with Gasteiger partial charge in [-0.25, -0.2) is 4.39 Å². The van der Waals surface area contributed by atoms with E-state index in [2.05, 4.69) is 10.2 Å². The van der Waals surface area contributed by atoms with Crippen LogP contribution in [0, 0.1) is 5.82 Å². The second kappa shape index (κ2) is 8.52. The molecule has 0 aliphatic rings. The van der Waals surface area contributed by atoms with Crippen molar-refractivity contribution < 1.29 is 13.5 Å². The SMILES string of the molecule is Nc1cc(Cl)cc(Oc2c(Cl)ccc(Cc3nnc(-c4cccc(Cl)c4)o3)c2F)c1. The summed E-state index contributed by atoms with van der Waals surface area (Å²) in [5.74, 6) is -0.0233. The van der Waals surface area contributed by atoms with Gasteiger partial charge in [-0.15, -0.1) is 10.2 Å². The topological polar surface area (TPSA) is 74.2 Å². The summed E-state index contributed by atoms with van der Waals surface area (Å²) in [4.78, 5) is 0. The first kappa shape index (κ1) is 20.5. The standard InChI is InChI=1S/C21H13Cl3FN3O2/c22-13-3-1-2-12(6-13)21-28-27-18(30-21)7-11-4-5-17(24)20(19(11)25)29-16-9-14(23)8-15(26)10-16/h1-6,8-10H,7,26H2. The molecule has 0 aliphatic heterocycles. The summed E-state index contributed by atoms with van der Waals surface area (Å²) in [6.07, 6.45) is 0.0462. The fourth-order valence-electron chi connectivity index (χ4n) is 2.79. The van der Waals surface area contributed by atoms with Crippen molar-refractivity contribution in [3.8, 4) is 23.0 Å². The Morgan fingerprint density at radius 2 is 1.80 bits per heavy atom. The van der Waals surface area contributed by atoms with Gasteiger partial charge in [-0.05, 0) is 36.4 Å². The Morgan fingerprint density at radius 3 is 2.57 bits per heavy atom. The van der Waals surface area contributed by atoms with Crippen LogP contribution >= 0.6 is 34.8 Å². The number of rotatable bonds is 5. The van der Waals surface area contributed by atoms with Crippen LogP contribution in [0.5, 0.6) is 11.5 Å². The van der Waals surface area contributed by atoms with E-state index in [1.165, 1.54) is 24.3 Å². The number of benzene rings is 3. The molecule has 5 nitrogen and oxygen atoms in total. The Kier molecular flexibility index (Phi) is 5.81. The minimum Gasteiger partial charge on any atom is -0.453 e. The van der Waals surface area contributed by atoms with Crippen molar-refractivity contribution in [1.29, 1.82) is 0 Å². The molecule has 0 saturated carbocycles. The highest BCUT2D eigenvalue weighted by Gasteiger charge is 2.18. The van der Waals surface area contributed by atoms with Gasteiger partial charge in [0.1, 0.15) is 5.75 Å². The van der Waals surface area contributed by atoms with Gasteiger partial charge in [0, 0.05) is 32.9 Å². The zero-order valence-corrected chi connectivity index (χ0v) is 17.5. The Hall–Kier alpha value is -2.80. The van der Waals surface area contributed by atoms with Crippen LogP contribution in [0.15, 0.2) is 59.0 Å². The fourth-order valence-corrected chi connectivity index (χ4v) is 3.40. The summed E-state index contributed by atoms with van der Waals surface area (Å²) < 4.78 is 26.4. The lowest BCUT2D eigenvalue weighted by atomic mass is 10.1. The van der Waals surface area contributed by atoms with Gasteiger partial charge in [-0.1, -0.05) is 46.9 Å². The molecule has 4 aromatic rings. The van der Waals surface area contributed by atoms with Gasteiger partial charge in [-0.3, -0.25) is 0 Å². The Balaban J connectivity index is 1.61. The molecule has 0 bridgehead atoms. The number of ether oxygens (including phenoxy) is 1. The zero-order chi connectivity index (χ0) is 21.3. The van der Waals surface area contributed by atoms with E-state index in [1.807, 2.05) is 0 Å². The van der Waals surface area contributed by atoms with Crippen molar-refractivity contribution in [1.82, 2.24) is 10.2 Å². The molecule has 3 aromatic carbocycles. The molecule has 1 heterocycles. The lowest BCUT2D eigenvalue weighted by Gasteiger charge is -2.12. The molecule has 1 aromatic heterocycles. The minimum absolute atomic E-state index is 0.0462. The van der Waals surface area contributed by atoms with Crippen molar-refractivity contribution in [2.45, 2.75) is 6.42 Å². The molecule has 2 N–H and O–H groups in total. The third-order valence-electron chi connectivity index (χ3n) is 4.12. The number of nitrogens with zero attached hydrogens (tertiary/aromatic N) is 2. The van der Waals surface area contributed by atoms with E-state index in [0.717, 1.165) is 0 Å². The van der Waals surface area contributed by atoms with E-state index in [9.17, 15) is 0 Å². The van der Waals surface area contributed by atoms with Gasteiger partial charge in [0.25, 0.3) is 0 Å². The average molecular weight is 465 g/mol. The predicted molar refractivity (Wildman–Crippen MR) is 115 cm³/mol. The summed E-state index contributed by atoms with van der Waals surface area (Å²) in [5.41, 5.74) is 7.07. The van der Waals surface area contributed by atoms with Crippen LogP contribution in [0.2, 0.25) is 15.1 Å². The first-order chi connectivity index (χ1) is 14.4. The Morgan fingerprint density at radius 1 is 0.967 bits per heavy atom. The molecule has 0 unspecified atom stereocenters. The summed E-state index contributed by atoms with van der Waals surface area (Å²) in [5, 5.41) is 8.98. The average Bonchev–Trinajstić information content (AvgIpc) is 3.15. The monoisotopic (exact) mass is 463 g/mol. The molecule has 4 rings (SSSR count). The predicted octanol–water partition coefficient (Wildman–Crippen LogP) is 6.80. The van der Waals surface area contributed by atoms with Gasteiger partial charge in [0.05, 0.1) is 11.4 Å². The van der Waals surface area contributed by atoms with Gasteiger partial charge in [0.2, 0.25) is 11.8 Å². The number of aromatic nitrogens is 2.